The van der Waals surface area contributed by atoms with Crippen LogP contribution >= 0.6 is 0 Å². The lowest BCUT2D eigenvalue weighted by Crippen LogP contribution is -2.14. The predicted molar refractivity (Wildman–Crippen MR) is 51.8 cm³/mol. The highest BCUT2D eigenvalue weighted by Gasteiger charge is 2.22. The van der Waals surface area contributed by atoms with Gasteiger partial charge in [-0.05, 0) is 12.8 Å². The molecule has 2 atom stereocenters. The van der Waals surface area contributed by atoms with E-state index < -0.39 is 6.10 Å². The number of rotatable bonds is 3. The summed E-state index contributed by atoms with van der Waals surface area (Å²) in [4.78, 5) is 4.12. The average Bonchev–Trinajstić information content (AvgIpc) is 2.75. The summed E-state index contributed by atoms with van der Waals surface area (Å²) in [5.74, 6) is 0.723. The fourth-order valence-corrected chi connectivity index (χ4v) is 1.88. The second-order valence-electron chi connectivity index (χ2n) is 3.78. The molecule has 1 aromatic heterocycles. The van der Waals surface area contributed by atoms with Crippen LogP contribution in [0.1, 0.15) is 31.2 Å². The van der Waals surface area contributed by atoms with Crippen molar-refractivity contribution < 1.29 is 9.84 Å². The Kier molecular flexibility index (Phi) is 2.84. The van der Waals surface area contributed by atoms with Crippen LogP contribution < -0.4 is 0 Å². The van der Waals surface area contributed by atoms with Crippen LogP contribution in [0.15, 0.2) is 12.4 Å². The molecule has 78 valence electrons. The second kappa shape index (κ2) is 4.11. The van der Waals surface area contributed by atoms with Gasteiger partial charge in [0.2, 0.25) is 0 Å². The average molecular weight is 196 g/mol. The van der Waals surface area contributed by atoms with Gasteiger partial charge in [0.1, 0.15) is 11.9 Å². The molecule has 14 heavy (non-hydrogen) atoms. The van der Waals surface area contributed by atoms with Crippen molar-refractivity contribution in [1.82, 2.24) is 9.55 Å². The lowest BCUT2D eigenvalue weighted by atomic mass is 10.1. The first-order valence-electron chi connectivity index (χ1n) is 5.04. The quantitative estimate of drug-likeness (QED) is 0.785. The Hall–Kier alpha value is -0.870. The van der Waals surface area contributed by atoms with E-state index in [1.807, 2.05) is 17.8 Å². The minimum absolute atomic E-state index is 0.210. The van der Waals surface area contributed by atoms with Crippen LogP contribution in [-0.4, -0.2) is 27.4 Å². The summed E-state index contributed by atoms with van der Waals surface area (Å²) in [6.07, 6.45) is 6.08. The lowest BCUT2D eigenvalue weighted by molar-refractivity contribution is 0.0491. The minimum atomic E-state index is -0.502. The first-order valence-corrected chi connectivity index (χ1v) is 5.04. The molecule has 0 aliphatic carbocycles. The number of ether oxygens (including phenoxy) is 1. The highest BCUT2D eigenvalue weighted by atomic mass is 16.5. The van der Waals surface area contributed by atoms with Gasteiger partial charge in [0.25, 0.3) is 0 Å². The molecule has 1 aromatic rings. The zero-order chi connectivity index (χ0) is 9.97. The van der Waals surface area contributed by atoms with E-state index in [4.69, 9.17) is 4.74 Å². The van der Waals surface area contributed by atoms with Crippen molar-refractivity contribution in [2.24, 2.45) is 7.05 Å². The van der Waals surface area contributed by atoms with E-state index in [2.05, 4.69) is 4.98 Å². The zero-order valence-corrected chi connectivity index (χ0v) is 8.39. The molecule has 0 saturated carbocycles. The second-order valence-corrected chi connectivity index (χ2v) is 3.78. The highest BCUT2D eigenvalue weighted by molar-refractivity contribution is 4.96. The molecular formula is C10H16N2O2. The highest BCUT2D eigenvalue weighted by Crippen LogP contribution is 2.23. The Morgan fingerprint density at radius 1 is 1.79 bits per heavy atom. The topological polar surface area (TPSA) is 47.3 Å². The maximum absolute atomic E-state index is 9.89. The van der Waals surface area contributed by atoms with E-state index >= 15 is 0 Å². The fraction of sp³-hybridized carbons (Fsp3) is 0.700. The zero-order valence-electron chi connectivity index (χ0n) is 8.39. The van der Waals surface area contributed by atoms with Crippen LogP contribution in [0.5, 0.6) is 0 Å². The van der Waals surface area contributed by atoms with E-state index in [-0.39, 0.29) is 6.10 Å². The van der Waals surface area contributed by atoms with E-state index in [1.165, 1.54) is 0 Å². The van der Waals surface area contributed by atoms with Crippen LogP contribution in [0, 0.1) is 0 Å². The molecule has 1 fully saturated rings. The monoisotopic (exact) mass is 196 g/mol. The van der Waals surface area contributed by atoms with Crippen molar-refractivity contribution in [1.29, 1.82) is 0 Å². The molecule has 0 bridgehead atoms. The number of aromatic nitrogens is 2. The van der Waals surface area contributed by atoms with Crippen LogP contribution in [0.2, 0.25) is 0 Å². The van der Waals surface area contributed by atoms with Gasteiger partial charge in [-0.25, -0.2) is 4.98 Å². The molecule has 1 aliphatic rings. The Labute approximate surface area is 83.5 Å². The van der Waals surface area contributed by atoms with Gasteiger partial charge in [-0.3, -0.25) is 0 Å². The van der Waals surface area contributed by atoms with Gasteiger partial charge in [-0.2, -0.15) is 0 Å². The summed E-state index contributed by atoms with van der Waals surface area (Å²) < 4.78 is 7.31. The number of hydrogen-bond acceptors (Lipinski definition) is 3. The van der Waals surface area contributed by atoms with Gasteiger partial charge in [0, 0.05) is 32.5 Å². The summed E-state index contributed by atoms with van der Waals surface area (Å²) >= 11 is 0. The first-order chi connectivity index (χ1) is 6.77. The maximum atomic E-state index is 9.89. The molecule has 0 radical (unpaired) electrons. The lowest BCUT2D eigenvalue weighted by Gasteiger charge is -2.14. The van der Waals surface area contributed by atoms with Gasteiger partial charge in [-0.15, -0.1) is 0 Å². The fourth-order valence-electron chi connectivity index (χ4n) is 1.88. The van der Waals surface area contributed by atoms with Crippen molar-refractivity contribution in [2.45, 2.75) is 31.5 Å². The third-order valence-corrected chi connectivity index (χ3v) is 2.67. The van der Waals surface area contributed by atoms with Crippen LogP contribution in [0.4, 0.5) is 0 Å². The van der Waals surface area contributed by atoms with Gasteiger partial charge in [0.05, 0.1) is 6.10 Å². The Bertz CT molecular complexity index is 292. The minimum Gasteiger partial charge on any atom is -0.385 e. The van der Waals surface area contributed by atoms with Crippen molar-refractivity contribution in [3.8, 4) is 0 Å². The largest absolute Gasteiger partial charge is 0.385 e. The molecule has 2 rings (SSSR count). The Morgan fingerprint density at radius 2 is 2.64 bits per heavy atom. The smallest absolute Gasteiger partial charge is 0.137 e. The normalized spacial score (nSPS) is 24.0. The molecule has 0 aromatic carbocycles. The molecule has 0 spiro atoms. The number of nitrogens with zero attached hydrogens (tertiary/aromatic N) is 2. The third-order valence-electron chi connectivity index (χ3n) is 2.67. The number of imidazole rings is 1. The van der Waals surface area contributed by atoms with E-state index in [0.717, 1.165) is 25.3 Å². The van der Waals surface area contributed by atoms with Gasteiger partial charge in [-0.1, -0.05) is 0 Å². The van der Waals surface area contributed by atoms with E-state index in [0.29, 0.717) is 6.42 Å². The molecule has 4 nitrogen and oxygen atoms in total. The summed E-state index contributed by atoms with van der Waals surface area (Å²) in [6.45, 7) is 0.831. The molecular weight excluding hydrogens is 180 g/mol. The number of aryl methyl sites for hydroxylation is 1. The summed E-state index contributed by atoms with van der Waals surface area (Å²) in [5, 5.41) is 9.89. The van der Waals surface area contributed by atoms with Crippen LogP contribution in [-0.2, 0) is 11.8 Å². The van der Waals surface area contributed by atoms with Crippen LogP contribution in [0.25, 0.3) is 0 Å². The maximum Gasteiger partial charge on any atom is 0.137 e. The molecule has 4 heteroatoms. The molecule has 1 saturated heterocycles. The summed E-state index contributed by atoms with van der Waals surface area (Å²) in [6, 6.07) is 0. The van der Waals surface area contributed by atoms with Gasteiger partial charge in [0.15, 0.2) is 0 Å². The van der Waals surface area contributed by atoms with Crippen LogP contribution in [0.3, 0.4) is 0 Å². The SMILES string of the molecule is Cn1ccnc1C(O)CC1CCCO1. The molecule has 2 unspecified atom stereocenters. The Balaban J connectivity index is 1.95. The third kappa shape index (κ3) is 1.96. The predicted octanol–water partition coefficient (Wildman–Crippen LogP) is 1.02. The first kappa shape index (κ1) is 9.68. The number of aliphatic hydroxyl groups excluding tert-OH is 1. The van der Waals surface area contributed by atoms with Gasteiger partial charge >= 0.3 is 0 Å². The standard InChI is InChI=1S/C10H16N2O2/c1-12-5-4-11-10(12)9(13)7-8-3-2-6-14-8/h4-5,8-9,13H,2-3,6-7H2,1H3. The Morgan fingerprint density at radius 3 is 3.21 bits per heavy atom. The number of hydrogen-bond donors (Lipinski definition) is 1. The number of aliphatic hydroxyl groups is 1. The molecule has 2 heterocycles. The summed E-state index contributed by atoms with van der Waals surface area (Å²) in [5.41, 5.74) is 0. The molecule has 0 amide bonds. The van der Waals surface area contributed by atoms with E-state index in [9.17, 15) is 5.11 Å². The van der Waals surface area contributed by atoms with E-state index in [1.54, 1.807) is 6.20 Å². The molecule has 1 N–H and O–H groups in total. The van der Waals surface area contributed by atoms with Crippen molar-refractivity contribution in [3.63, 3.8) is 0 Å². The molecule has 1 aliphatic heterocycles. The van der Waals surface area contributed by atoms with Crippen molar-refractivity contribution >= 4 is 0 Å². The van der Waals surface area contributed by atoms with Crippen molar-refractivity contribution in [3.05, 3.63) is 18.2 Å². The van der Waals surface area contributed by atoms with Crippen molar-refractivity contribution in [2.75, 3.05) is 6.61 Å². The summed E-state index contributed by atoms with van der Waals surface area (Å²) in [7, 11) is 1.89. The van der Waals surface area contributed by atoms with Gasteiger partial charge < -0.3 is 14.4 Å².